The van der Waals surface area contributed by atoms with Crippen molar-refractivity contribution in [2.45, 2.75) is 85.0 Å². The van der Waals surface area contributed by atoms with Gasteiger partial charge in [-0.05, 0) is 48.3 Å². The second kappa shape index (κ2) is 13.7. The molecule has 0 N–H and O–H groups in total. The van der Waals surface area contributed by atoms with Gasteiger partial charge in [-0.3, -0.25) is 4.79 Å². The molecule has 0 amide bonds. The predicted octanol–water partition coefficient (Wildman–Crippen LogP) is 8.06. The van der Waals surface area contributed by atoms with Crippen molar-refractivity contribution >= 4 is 29.3 Å². The number of carbonyl (C=O) groups is 1. The van der Waals surface area contributed by atoms with Gasteiger partial charge in [-0.2, -0.15) is 26.3 Å². The van der Waals surface area contributed by atoms with Crippen molar-refractivity contribution in [1.29, 1.82) is 0 Å². The fourth-order valence-electron chi connectivity index (χ4n) is 3.62. The number of Topliss-reactive ketones (excluding diaryl/α,β-unsaturated/α-hetero) is 1. The van der Waals surface area contributed by atoms with Gasteiger partial charge in [0.25, 0.3) is 0 Å². The molecule has 0 saturated carbocycles. The first-order chi connectivity index (χ1) is 14.4. The average Bonchev–Trinajstić information content (AvgIpc) is 2.69. The Bertz CT molecular complexity index is 556. The smallest absolute Gasteiger partial charge is 0.374 e. The van der Waals surface area contributed by atoms with Crippen LogP contribution >= 0.6 is 23.5 Å². The summed E-state index contributed by atoms with van der Waals surface area (Å²) in [6.45, 7) is 15.3. The molecule has 10 heteroatoms. The molecule has 0 bridgehead atoms. The third-order valence-electron chi connectivity index (χ3n) is 6.84. The number of hydrogen-bond donors (Lipinski definition) is 0. The van der Waals surface area contributed by atoms with Crippen LogP contribution in [-0.2, 0) is 9.53 Å². The first-order valence-electron chi connectivity index (χ1n) is 11.0. The maximum absolute atomic E-state index is 12.1. The maximum Gasteiger partial charge on any atom is 0.441 e. The number of halogens is 6. The number of carbonyl (C=O) groups excluding carboxylic acids is 1. The Morgan fingerprint density at radius 2 is 1.38 bits per heavy atom. The summed E-state index contributed by atoms with van der Waals surface area (Å²) in [5, 5.41) is 0. The van der Waals surface area contributed by atoms with Crippen LogP contribution in [-0.4, -0.2) is 40.5 Å². The van der Waals surface area contributed by atoms with E-state index in [1.54, 1.807) is 20.8 Å². The molecule has 1 aliphatic heterocycles. The Hall–Kier alpha value is -0.0900. The fraction of sp³-hybridized carbons (Fsp3) is 0.955. The second-order valence-corrected chi connectivity index (χ2v) is 11.1. The molecular weight excluding hydrogens is 474 g/mol. The molecule has 0 aliphatic carbocycles. The Morgan fingerprint density at radius 3 is 1.81 bits per heavy atom. The van der Waals surface area contributed by atoms with Gasteiger partial charge < -0.3 is 4.74 Å². The van der Waals surface area contributed by atoms with Crippen LogP contribution in [0, 0.1) is 35.5 Å². The van der Waals surface area contributed by atoms with E-state index in [-0.39, 0.29) is 76.7 Å². The maximum atomic E-state index is 12.1. The summed E-state index contributed by atoms with van der Waals surface area (Å²) in [5.74, 6) is 0.855. The highest BCUT2D eigenvalue weighted by Crippen LogP contribution is 2.39. The van der Waals surface area contributed by atoms with Crippen LogP contribution in [0.5, 0.6) is 0 Å². The number of ketones is 1. The zero-order valence-electron chi connectivity index (χ0n) is 20.1. The molecule has 0 radical (unpaired) electrons. The van der Waals surface area contributed by atoms with Crippen molar-refractivity contribution in [1.82, 2.24) is 0 Å². The van der Waals surface area contributed by atoms with Gasteiger partial charge in [-0.1, -0.05) is 60.2 Å². The third kappa shape index (κ3) is 11.9. The number of rotatable bonds is 8. The third-order valence-corrected chi connectivity index (χ3v) is 8.68. The minimum Gasteiger partial charge on any atom is -0.374 e. The first-order valence-corrected chi connectivity index (χ1v) is 13.0. The van der Waals surface area contributed by atoms with Crippen LogP contribution in [0.3, 0.4) is 0 Å². The molecule has 1 rings (SSSR count). The van der Waals surface area contributed by atoms with Gasteiger partial charge in [0.15, 0.2) is 0 Å². The summed E-state index contributed by atoms with van der Waals surface area (Å²) in [7, 11) is 0. The van der Waals surface area contributed by atoms with Gasteiger partial charge in [0.05, 0.1) is 12.2 Å². The summed E-state index contributed by atoms with van der Waals surface area (Å²) >= 11 is 0.0196. The lowest BCUT2D eigenvalue weighted by atomic mass is 9.77. The molecule has 1 saturated heterocycles. The van der Waals surface area contributed by atoms with Gasteiger partial charge in [-0.15, -0.1) is 0 Å². The standard InChI is InChI=1S/2C11H19F3OS/c1-6-7(2)9(4)15-10(8(6)3)5-16-11(12,13)14;1-5-10(15)9(4)8(3)7(2)6-16-11(12,13)14/h6-10H,5H2,1-4H3;7-9H,5-6H2,1-4H3/t6-,7?,8+,9-,10?;/m1./s1. The first kappa shape index (κ1) is 31.9. The molecular formula is C22H38F6O2S2. The monoisotopic (exact) mass is 512 g/mol. The van der Waals surface area contributed by atoms with Crippen LogP contribution in [0.2, 0.25) is 0 Å². The van der Waals surface area contributed by atoms with Crippen molar-refractivity contribution in [2.75, 3.05) is 11.5 Å². The van der Waals surface area contributed by atoms with E-state index in [2.05, 4.69) is 13.8 Å². The Kier molecular flexibility index (Phi) is 13.7. The van der Waals surface area contributed by atoms with Crippen LogP contribution in [0.25, 0.3) is 0 Å². The van der Waals surface area contributed by atoms with Crippen molar-refractivity contribution in [2.24, 2.45) is 35.5 Å². The summed E-state index contributed by atoms with van der Waals surface area (Å²) < 4.78 is 78.0. The highest BCUT2D eigenvalue weighted by Gasteiger charge is 2.39. The highest BCUT2D eigenvalue weighted by atomic mass is 32.2. The molecule has 192 valence electrons. The number of ether oxygens (including phenoxy) is 1. The molecule has 1 aliphatic rings. The van der Waals surface area contributed by atoms with Gasteiger partial charge in [-0.25, -0.2) is 0 Å². The summed E-state index contributed by atoms with van der Waals surface area (Å²) in [6, 6.07) is 0. The minimum absolute atomic E-state index is 0.00458. The molecule has 0 aromatic carbocycles. The van der Waals surface area contributed by atoms with E-state index < -0.39 is 11.0 Å². The topological polar surface area (TPSA) is 26.3 Å². The van der Waals surface area contributed by atoms with Crippen molar-refractivity contribution < 1.29 is 35.9 Å². The highest BCUT2D eigenvalue weighted by molar-refractivity contribution is 8.00. The zero-order chi connectivity index (χ0) is 25.4. The number of hydrogen-bond acceptors (Lipinski definition) is 4. The van der Waals surface area contributed by atoms with E-state index in [0.717, 1.165) is 0 Å². The average molecular weight is 513 g/mol. The molecule has 2 nitrogen and oxygen atoms in total. The molecule has 32 heavy (non-hydrogen) atoms. The molecule has 5 unspecified atom stereocenters. The van der Waals surface area contributed by atoms with Gasteiger partial charge in [0, 0.05) is 23.8 Å². The predicted molar refractivity (Wildman–Crippen MR) is 122 cm³/mol. The van der Waals surface area contributed by atoms with E-state index in [1.807, 2.05) is 20.8 Å². The van der Waals surface area contributed by atoms with E-state index >= 15 is 0 Å². The Balaban J connectivity index is 0.000000601. The minimum atomic E-state index is -4.17. The van der Waals surface area contributed by atoms with Crippen molar-refractivity contribution in [3.63, 3.8) is 0 Å². The molecule has 8 atom stereocenters. The lowest BCUT2D eigenvalue weighted by molar-refractivity contribution is -0.123. The largest absolute Gasteiger partial charge is 0.441 e. The SMILES string of the molecule is CC1[C@@H](C)[C@H](C)C(CSC(F)(F)F)O[C@@H]1C.CCC(=O)C(C)C(C)C(C)CSC(F)(F)F. The summed E-state index contributed by atoms with van der Waals surface area (Å²) in [4.78, 5) is 11.4. The van der Waals surface area contributed by atoms with E-state index in [0.29, 0.717) is 18.3 Å². The van der Waals surface area contributed by atoms with Crippen LogP contribution in [0.4, 0.5) is 26.3 Å². The molecule has 0 aromatic heterocycles. The van der Waals surface area contributed by atoms with E-state index in [1.165, 1.54) is 0 Å². The lowest BCUT2D eigenvalue weighted by Gasteiger charge is -2.42. The molecule has 1 heterocycles. The fourth-order valence-corrected chi connectivity index (χ4v) is 5.11. The van der Waals surface area contributed by atoms with Crippen LogP contribution in [0.15, 0.2) is 0 Å². The second-order valence-electron chi connectivity index (χ2n) is 8.92. The Morgan fingerprint density at radius 1 is 0.875 bits per heavy atom. The summed E-state index contributed by atoms with van der Waals surface area (Å²) in [5.41, 5.74) is -8.33. The number of alkyl halides is 6. The zero-order valence-corrected chi connectivity index (χ0v) is 21.8. The van der Waals surface area contributed by atoms with Crippen molar-refractivity contribution in [3.05, 3.63) is 0 Å². The summed E-state index contributed by atoms with van der Waals surface area (Å²) in [6.07, 6.45) is 0.211. The van der Waals surface area contributed by atoms with Gasteiger partial charge >= 0.3 is 11.0 Å². The Labute approximate surface area is 197 Å². The van der Waals surface area contributed by atoms with E-state index in [9.17, 15) is 31.1 Å². The quantitative estimate of drug-likeness (QED) is 0.307. The van der Waals surface area contributed by atoms with Gasteiger partial charge in [0.1, 0.15) is 5.78 Å². The van der Waals surface area contributed by atoms with E-state index in [4.69, 9.17) is 4.74 Å². The van der Waals surface area contributed by atoms with Crippen molar-refractivity contribution in [3.8, 4) is 0 Å². The normalized spacial score (nSPS) is 29.5. The van der Waals surface area contributed by atoms with Gasteiger partial charge in [0.2, 0.25) is 0 Å². The lowest BCUT2D eigenvalue weighted by Crippen LogP contribution is -2.44. The van der Waals surface area contributed by atoms with Crippen LogP contribution < -0.4 is 0 Å². The molecule has 0 aromatic rings. The molecule has 0 spiro atoms. The number of thioether (sulfide) groups is 2. The van der Waals surface area contributed by atoms with Crippen LogP contribution in [0.1, 0.15) is 61.8 Å². The molecule has 1 fully saturated rings.